The highest BCUT2D eigenvalue weighted by Crippen LogP contribution is 2.16. The summed E-state index contributed by atoms with van der Waals surface area (Å²) >= 11 is 0. The molecule has 3 heterocycles. The molecule has 1 saturated heterocycles. The van der Waals surface area contributed by atoms with E-state index in [1.807, 2.05) is 16.8 Å². The lowest BCUT2D eigenvalue weighted by Gasteiger charge is -2.29. The largest absolute Gasteiger partial charge is 0.338 e. The SMILES string of the molecule is Cc1ccc2nc(N3CCC[C@@H](N)C3)nn2c1. The molecule has 0 amide bonds. The summed E-state index contributed by atoms with van der Waals surface area (Å²) < 4.78 is 1.84. The number of hydrogen-bond donors (Lipinski definition) is 1. The third kappa shape index (κ3) is 1.98. The van der Waals surface area contributed by atoms with Crippen molar-refractivity contribution >= 4 is 11.6 Å². The maximum Gasteiger partial charge on any atom is 0.245 e. The van der Waals surface area contributed by atoms with Gasteiger partial charge in [0.25, 0.3) is 0 Å². The molecule has 0 unspecified atom stereocenters. The first-order valence-corrected chi connectivity index (χ1v) is 6.06. The number of fused-ring (bicyclic) bond motifs is 1. The van der Waals surface area contributed by atoms with Crippen LogP contribution in [0.4, 0.5) is 5.95 Å². The minimum atomic E-state index is 0.247. The molecule has 1 aliphatic heterocycles. The van der Waals surface area contributed by atoms with Gasteiger partial charge in [0, 0.05) is 25.3 Å². The van der Waals surface area contributed by atoms with Gasteiger partial charge in [-0.1, -0.05) is 6.07 Å². The summed E-state index contributed by atoms with van der Waals surface area (Å²) in [5.74, 6) is 0.797. The lowest BCUT2D eigenvalue weighted by Crippen LogP contribution is -2.43. The standard InChI is InChI=1S/C12H17N5/c1-9-4-5-11-14-12(15-17(11)7-9)16-6-2-3-10(13)8-16/h4-5,7,10H,2-3,6,8,13H2,1H3/t10-/m1/s1. The Balaban J connectivity index is 1.94. The summed E-state index contributed by atoms with van der Waals surface area (Å²) in [6, 6.07) is 4.29. The molecule has 2 aromatic heterocycles. The molecular formula is C12H17N5. The fourth-order valence-electron chi connectivity index (χ4n) is 2.30. The van der Waals surface area contributed by atoms with Gasteiger partial charge in [-0.05, 0) is 31.4 Å². The highest BCUT2D eigenvalue weighted by Gasteiger charge is 2.20. The second kappa shape index (κ2) is 4.00. The number of aryl methyl sites for hydroxylation is 1. The third-order valence-corrected chi connectivity index (χ3v) is 3.21. The van der Waals surface area contributed by atoms with Crippen molar-refractivity contribution in [2.75, 3.05) is 18.0 Å². The maximum absolute atomic E-state index is 5.98. The first-order chi connectivity index (χ1) is 8.22. The number of hydrogen-bond acceptors (Lipinski definition) is 4. The average Bonchev–Trinajstić information content (AvgIpc) is 2.72. The Morgan fingerprint density at radius 1 is 1.41 bits per heavy atom. The van der Waals surface area contributed by atoms with Crippen molar-refractivity contribution in [3.8, 4) is 0 Å². The van der Waals surface area contributed by atoms with Crippen molar-refractivity contribution < 1.29 is 0 Å². The van der Waals surface area contributed by atoms with E-state index in [0.29, 0.717) is 0 Å². The second-order valence-electron chi connectivity index (χ2n) is 4.77. The summed E-state index contributed by atoms with van der Waals surface area (Å²) in [5.41, 5.74) is 8.05. The molecule has 5 nitrogen and oxygen atoms in total. The molecule has 1 fully saturated rings. The maximum atomic E-state index is 5.98. The van der Waals surface area contributed by atoms with E-state index in [2.05, 4.69) is 28.0 Å². The van der Waals surface area contributed by atoms with Gasteiger partial charge in [0.15, 0.2) is 5.65 Å². The molecule has 1 aliphatic rings. The minimum Gasteiger partial charge on any atom is -0.338 e. The van der Waals surface area contributed by atoms with Crippen molar-refractivity contribution in [3.05, 3.63) is 23.9 Å². The van der Waals surface area contributed by atoms with Gasteiger partial charge in [-0.2, -0.15) is 4.98 Å². The quantitative estimate of drug-likeness (QED) is 0.794. The Morgan fingerprint density at radius 3 is 3.12 bits per heavy atom. The number of aromatic nitrogens is 3. The molecule has 0 radical (unpaired) electrons. The minimum absolute atomic E-state index is 0.247. The topological polar surface area (TPSA) is 59.5 Å². The van der Waals surface area contributed by atoms with E-state index < -0.39 is 0 Å². The van der Waals surface area contributed by atoms with Gasteiger partial charge < -0.3 is 10.6 Å². The Kier molecular flexibility index (Phi) is 2.48. The van der Waals surface area contributed by atoms with Crippen LogP contribution in [0.2, 0.25) is 0 Å². The van der Waals surface area contributed by atoms with Crippen molar-refractivity contribution in [1.29, 1.82) is 0 Å². The fourth-order valence-corrected chi connectivity index (χ4v) is 2.30. The molecule has 0 saturated carbocycles. The van der Waals surface area contributed by atoms with Crippen LogP contribution < -0.4 is 10.6 Å². The molecule has 0 spiro atoms. The van der Waals surface area contributed by atoms with Gasteiger partial charge in [0.2, 0.25) is 5.95 Å². The van der Waals surface area contributed by atoms with E-state index in [0.717, 1.165) is 37.5 Å². The Bertz CT molecular complexity index is 533. The van der Waals surface area contributed by atoms with Crippen LogP contribution in [0.5, 0.6) is 0 Å². The summed E-state index contributed by atoms with van der Waals surface area (Å²) in [7, 11) is 0. The van der Waals surface area contributed by atoms with E-state index in [1.54, 1.807) is 0 Å². The molecule has 1 atom stereocenters. The molecule has 0 bridgehead atoms. The van der Waals surface area contributed by atoms with Crippen LogP contribution in [-0.2, 0) is 0 Å². The van der Waals surface area contributed by atoms with Crippen molar-refractivity contribution in [3.63, 3.8) is 0 Å². The van der Waals surface area contributed by atoms with E-state index in [1.165, 1.54) is 5.56 Å². The zero-order valence-electron chi connectivity index (χ0n) is 10.0. The Labute approximate surface area is 100 Å². The van der Waals surface area contributed by atoms with Crippen LogP contribution in [0.3, 0.4) is 0 Å². The van der Waals surface area contributed by atoms with Crippen molar-refractivity contribution in [1.82, 2.24) is 14.6 Å². The zero-order valence-corrected chi connectivity index (χ0v) is 10.0. The van der Waals surface area contributed by atoms with Crippen molar-refractivity contribution in [2.24, 2.45) is 5.73 Å². The van der Waals surface area contributed by atoms with Crippen LogP contribution >= 0.6 is 0 Å². The van der Waals surface area contributed by atoms with Crippen LogP contribution in [-0.4, -0.2) is 33.7 Å². The predicted molar refractivity (Wildman–Crippen MR) is 67.1 cm³/mol. The van der Waals surface area contributed by atoms with E-state index in [-0.39, 0.29) is 6.04 Å². The highest BCUT2D eigenvalue weighted by atomic mass is 15.4. The molecule has 17 heavy (non-hydrogen) atoms. The van der Waals surface area contributed by atoms with Gasteiger partial charge in [-0.15, -0.1) is 5.10 Å². The van der Waals surface area contributed by atoms with Crippen LogP contribution in [0, 0.1) is 6.92 Å². The summed E-state index contributed by atoms with van der Waals surface area (Å²) in [4.78, 5) is 6.71. The molecular weight excluding hydrogens is 214 g/mol. The fraction of sp³-hybridized carbons (Fsp3) is 0.500. The first-order valence-electron chi connectivity index (χ1n) is 6.06. The summed E-state index contributed by atoms with van der Waals surface area (Å²) in [6.45, 7) is 3.91. The molecule has 0 aromatic carbocycles. The Hall–Kier alpha value is -1.62. The molecule has 90 valence electrons. The molecule has 2 N–H and O–H groups in total. The van der Waals surface area contributed by atoms with E-state index in [4.69, 9.17) is 5.73 Å². The number of nitrogens with two attached hydrogens (primary N) is 1. The number of anilines is 1. The van der Waals surface area contributed by atoms with E-state index >= 15 is 0 Å². The van der Waals surface area contributed by atoms with E-state index in [9.17, 15) is 0 Å². The zero-order chi connectivity index (χ0) is 11.8. The molecule has 3 rings (SSSR count). The van der Waals surface area contributed by atoms with Gasteiger partial charge in [0.05, 0.1) is 0 Å². The number of nitrogens with zero attached hydrogens (tertiary/aromatic N) is 4. The average molecular weight is 231 g/mol. The number of rotatable bonds is 1. The number of piperidine rings is 1. The van der Waals surface area contributed by atoms with Crippen LogP contribution in [0.25, 0.3) is 5.65 Å². The van der Waals surface area contributed by atoms with Gasteiger partial charge in [-0.25, -0.2) is 4.52 Å². The lowest BCUT2D eigenvalue weighted by atomic mass is 10.1. The first kappa shape index (κ1) is 10.5. The van der Waals surface area contributed by atoms with Gasteiger partial charge >= 0.3 is 0 Å². The predicted octanol–water partition coefficient (Wildman–Crippen LogP) is 0.965. The summed E-state index contributed by atoms with van der Waals surface area (Å²) in [6.07, 6.45) is 4.22. The van der Waals surface area contributed by atoms with Crippen molar-refractivity contribution in [2.45, 2.75) is 25.8 Å². The second-order valence-corrected chi connectivity index (χ2v) is 4.77. The summed E-state index contributed by atoms with van der Waals surface area (Å²) in [5, 5.41) is 4.51. The number of pyridine rings is 1. The molecule has 5 heteroatoms. The lowest BCUT2D eigenvalue weighted by molar-refractivity contribution is 0.500. The Morgan fingerprint density at radius 2 is 2.29 bits per heavy atom. The third-order valence-electron chi connectivity index (χ3n) is 3.21. The van der Waals surface area contributed by atoms with Crippen LogP contribution in [0.1, 0.15) is 18.4 Å². The van der Waals surface area contributed by atoms with Gasteiger partial charge in [0.1, 0.15) is 0 Å². The monoisotopic (exact) mass is 231 g/mol. The molecule has 0 aliphatic carbocycles. The highest BCUT2D eigenvalue weighted by molar-refractivity contribution is 5.45. The smallest absolute Gasteiger partial charge is 0.245 e. The van der Waals surface area contributed by atoms with Crippen LogP contribution in [0.15, 0.2) is 18.3 Å². The van der Waals surface area contributed by atoms with Gasteiger partial charge in [-0.3, -0.25) is 0 Å². The molecule has 2 aromatic rings. The normalized spacial score (nSPS) is 21.1.